The van der Waals surface area contributed by atoms with E-state index in [1.807, 2.05) is 0 Å². The van der Waals surface area contributed by atoms with E-state index < -0.39 is 0 Å². The van der Waals surface area contributed by atoms with Crippen LogP contribution in [0, 0.1) is 13.8 Å². The molecule has 1 aromatic heterocycles. The number of hydrogen-bond acceptors (Lipinski definition) is 3. The molecule has 0 fully saturated rings. The summed E-state index contributed by atoms with van der Waals surface area (Å²) in [5.74, 6) is 0.958. The van der Waals surface area contributed by atoms with Crippen LogP contribution in [0.15, 0.2) is 29.6 Å². The number of aryl methyl sites for hydroxylation is 2. The van der Waals surface area contributed by atoms with Crippen LogP contribution in [0.5, 0.6) is 5.75 Å². The van der Waals surface area contributed by atoms with Gasteiger partial charge in [0.05, 0.1) is 7.11 Å². The molecule has 0 saturated carbocycles. The molecule has 0 aliphatic rings. The van der Waals surface area contributed by atoms with E-state index in [1.165, 1.54) is 21.6 Å². The molecule has 1 aromatic carbocycles. The van der Waals surface area contributed by atoms with Crippen LogP contribution in [0.25, 0.3) is 0 Å². The minimum atomic E-state index is 0.361. The third-order valence-corrected chi connectivity index (χ3v) is 4.77. The van der Waals surface area contributed by atoms with Crippen molar-refractivity contribution in [1.82, 2.24) is 5.32 Å². The second-order valence-corrected chi connectivity index (χ2v) is 6.47. The van der Waals surface area contributed by atoms with E-state index in [2.05, 4.69) is 55.7 Å². The fraction of sp³-hybridized carbons (Fsp3) is 0.444. The Hall–Kier alpha value is -1.32. The first-order chi connectivity index (χ1) is 10.1. The first-order valence-corrected chi connectivity index (χ1v) is 8.44. The third-order valence-electron chi connectivity index (χ3n) is 3.74. The molecule has 2 aromatic rings. The Morgan fingerprint density at radius 1 is 1.24 bits per heavy atom. The maximum Gasteiger partial charge on any atom is 0.129 e. The highest BCUT2D eigenvalue weighted by molar-refractivity contribution is 7.10. The number of ether oxygens (including phenoxy) is 1. The van der Waals surface area contributed by atoms with E-state index in [0.717, 1.165) is 25.1 Å². The zero-order valence-electron chi connectivity index (χ0n) is 13.4. The fourth-order valence-electron chi connectivity index (χ4n) is 2.46. The summed E-state index contributed by atoms with van der Waals surface area (Å²) in [5, 5.41) is 5.76. The predicted octanol–water partition coefficient (Wildman–Crippen LogP) is 4.66. The van der Waals surface area contributed by atoms with Gasteiger partial charge in [0.2, 0.25) is 0 Å². The fourth-order valence-corrected chi connectivity index (χ4v) is 3.39. The molecule has 0 radical (unpaired) electrons. The zero-order valence-corrected chi connectivity index (χ0v) is 14.2. The molecule has 1 heterocycles. The Labute approximate surface area is 132 Å². The molecule has 0 spiro atoms. The van der Waals surface area contributed by atoms with E-state index in [1.54, 1.807) is 18.4 Å². The van der Waals surface area contributed by atoms with Crippen LogP contribution in [0.2, 0.25) is 0 Å². The largest absolute Gasteiger partial charge is 0.496 e. The Kier molecular flexibility index (Phi) is 5.83. The average Bonchev–Trinajstić information content (AvgIpc) is 2.95. The Morgan fingerprint density at radius 3 is 2.71 bits per heavy atom. The molecule has 1 unspecified atom stereocenters. The van der Waals surface area contributed by atoms with Crippen molar-refractivity contribution < 1.29 is 4.74 Å². The quantitative estimate of drug-likeness (QED) is 0.803. The molecule has 1 atom stereocenters. The molecule has 0 amide bonds. The Balaban J connectivity index is 2.21. The number of benzene rings is 1. The summed E-state index contributed by atoms with van der Waals surface area (Å²) < 4.78 is 5.33. The van der Waals surface area contributed by atoms with Crippen LogP contribution >= 0.6 is 11.3 Å². The lowest BCUT2D eigenvalue weighted by Crippen LogP contribution is -2.23. The van der Waals surface area contributed by atoms with Crippen molar-refractivity contribution >= 4 is 11.3 Å². The molecule has 3 heteroatoms. The highest BCUT2D eigenvalue weighted by Gasteiger charge is 2.15. The molecule has 0 bridgehead atoms. The molecule has 1 N–H and O–H groups in total. The van der Waals surface area contributed by atoms with Crippen molar-refractivity contribution in [2.45, 2.75) is 39.7 Å². The molecule has 0 saturated heterocycles. The summed E-state index contributed by atoms with van der Waals surface area (Å²) in [6.07, 6.45) is 2.17. The number of thiophene rings is 1. The second kappa shape index (κ2) is 7.62. The topological polar surface area (TPSA) is 21.3 Å². The van der Waals surface area contributed by atoms with Crippen molar-refractivity contribution in [3.8, 4) is 5.75 Å². The summed E-state index contributed by atoms with van der Waals surface area (Å²) in [5.41, 5.74) is 4.12. The van der Waals surface area contributed by atoms with Crippen molar-refractivity contribution in [2.24, 2.45) is 0 Å². The normalized spacial score (nSPS) is 12.4. The van der Waals surface area contributed by atoms with Gasteiger partial charge in [-0.1, -0.05) is 30.7 Å². The third kappa shape index (κ3) is 4.32. The SMILES string of the molecule is CCCNC(Cc1cc(C)ccc1C)c1cc(OC)cs1. The lowest BCUT2D eigenvalue weighted by atomic mass is 9.98. The standard InChI is InChI=1S/C18H25NOS/c1-5-8-19-17(18-11-16(20-4)12-21-18)10-15-9-13(2)6-7-14(15)3/h6-7,9,11-12,17,19H,5,8,10H2,1-4H3. The van der Waals surface area contributed by atoms with E-state index in [-0.39, 0.29) is 0 Å². The minimum Gasteiger partial charge on any atom is -0.496 e. The van der Waals surface area contributed by atoms with Crippen LogP contribution in [0.1, 0.15) is 41.0 Å². The second-order valence-electron chi connectivity index (χ2n) is 5.53. The molecule has 2 nitrogen and oxygen atoms in total. The Bertz CT molecular complexity index is 576. The van der Waals surface area contributed by atoms with Gasteiger partial charge in [0.15, 0.2) is 0 Å². The molecule has 114 valence electrons. The lowest BCUT2D eigenvalue weighted by molar-refractivity contribution is 0.415. The van der Waals surface area contributed by atoms with Gasteiger partial charge in [-0.05, 0) is 50.4 Å². The molecule has 0 aliphatic carbocycles. The summed E-state index contributed by atoms with van der Waals surface area (Å²) in [4.78, 5) is 1.35. The number of hydrogen-bond donors (Lipinski definition) is 1. The monoisotopic (exact) mass is 303 g/mol. The Morgan fingerprint density at radius 2 is 2.05 bits per heavy atom. The van der Waals surface area contributed by atoms with Gasteiger partial charge in [-0.15, -0.1) is 11.3 Å². The van der Waals surface area contributed by atoms with Gasteiger partial charge in [-0.2, -0.15) is 0 Å². The maximum absolute atomic E-state index is 5.33. The molecular formula is C18H25NOS. The predicted molar refractivity (Wildman–Crippen MR) is 91.5 cm³/mol. The molecule has 21 heavy (non-hydrogen) atoms. The van der Waals surface area contributed by atoms with Crippen molar-refractivity contribution in [1.29, 1.82) is 0 Å². The average molecular weight is 303 g/mol. The molecular weight excluding hydrogens is 278 g/mol. The minimum absolute atomic E-state index is 0.361. The summed E-state index contributed by atoms with van der Waals surface area (Å²) in [6.45, 7) is 7.60. The maximum atomic E-state index is 5.33. The van der Waals surface area contributed by atoms with Gasteiger partial charge in [0.1, 0.15) is 5.75 Å². The highest BCUT2D eigenvalue weighted by Crippen LogP contribution is 2.30. The van der Waals surface area contributed by atoms with Gasteiger partial charge in [-0.3, -0.25) is 0 Å². The zero-order chi connectivity index (χ0) is 15.2. The van der Waals surface area contributed by atoms with Crippen LogP contribution in [0.3, 0.4) is 0 Å². The van der Waals surface area contributed by atoms with Crippen LogP contribution in [0.4, 0.5) is 0 Å². The van der Waals surface area contributed by atoms with Gasteiger partial charge in [0.25, 0.3) is 0 Å². The van der Waals surface area contributed by atoms with Gasteiger partial charge >= 0.3 is 0 Å². The summed E-state index contributed by atoms with van der Waals surface area (Å²) in [7, 11) is 1.73. The lowest BCUT2D eigenvalue weighted by Gasteiger charge is -2.19. The van der Waals surface area contributed by atoms with Crippen LogP contribution in [-0.2, 0) is 6.42 Å². The van der Waals surface area contributed by atoms with Gasteiger partial charge < -0.3 is 10.1 Å². The summed E-state index contributed by atoms with van der Waals surface area (Å²) in [6, 6.07) is 9.22. The smallest absolute Gasteiger partial charge is 0.129 e. The van der Waals surface area contributed by atoms with E-state index in [0.29, 0.717) is 6.04 Å². The van der Waals surface area contributed by atoms with Crippen molar-refractivity contribution in [3.63, 3.8) is 0 Å². The van der Waals surface area contributed by atoms with E-state index >= 15 is 0 Å². The molecule has 2 rings (SSSR count). The first-order valence-electron chi connectivity index (χ1n) is 7.56. The van der Waals surface area contributed by atoms with Gasteiger partial charge in [0, 0.05) is 16.3 Å². The summed E-state index contributed by atoms with van der Waals surface area (Å²) >= 11 is 1.77. The first kappa shape index (κ1) is 16.1. The highest BCUT2D eigenvalue weighted by atomic mass is 32.1. The molecule has 0 aliphatic heterocycles. The van der Waals surface area contributed by atoms with Crippen molar-refractivity contribution in [3.05, 3.63) is 51.2 Å². The van der Waals surface area contributed by atoms with E-state index in [4.69, 9.17) is 4.74 Å². The van der Waals surface area contributed by atoms with Crippen LogP contribution < -0.4 is 10.1 Å². The number of methoxy groups -OCH3 is 1. The van der Waals surface area contributed by atoms with E-state index in [9.17, 15) is 0 Å². The van der Waals surface area contributed by atoms with Gasteiger partial charge in [-0.25, -0.2) is 0 Å². The number of rotatable bonds is 7. The van der Waals surface area contributed by atoms with Crippen LogP contribution in [-0.4, -0.2) is 13.7 Å². The van der Waals surface area contributed by atoms with Crippen molar-refractivity contribution in [2.75, 3.05) is 13.7 Å². The number of nitrogens with one attached hydrogen (secondary N) is 1.